The maximum atomic E-state index is 10.3. The van der Waals surface area contributed by atoms with Crippen LogP contribution in [-0.2, 0) is 9.47 Å². The van der Waals surface area contributed by atoms with E-state index in [1.165, 1.54) is 25.7 Å². The van der Waals surface area contributed by atoms with Gasteiger partial charge in [-0.1, -0.05) is 43.2 Å². The highest BCUT2D eigenvalue weighted by Crippen LogP contribution is 2.41. The number of hydrogen-bond acceptors (Lipinski definition) is 4. The topological polar surface area (TPSA) is 75.1 Å². The number of halogens is 1. The third kappa shape index (κ3) is 10.5. The number of benzene rings is 1. The highest BCUT2D eigenvalue weighted by molar-refractivity contribution is 14.0. The fourth-order valence-electron chi connectivity index (χ4n) is 3.98. The summed E-state index contributed by atoms with van der Waals surface area (Å²) >= 11 is 0. The van der Waals surface area contributed by atoms with Crippen molar-refractivity contribution in [3.63, 3.8) is 0 Å². The van der Waals surface area contributed by atoms with Crippen molar-refractivity contribution in [2.24, 2.45) is 10.4 Å². The molecule has 0 heterocycles. The molecule has 1 aromatic rings. The van der Waals surface area contributed by atoms with Crippen molar-refractivity contribution < 1.29 is 14.6 Å². The Morgan fingerprint density at radius 1 is 1.16 bits per heavy atom. The first kappa shape index (κ1) is 28.1. The zero-order chi connectivity index (χ0) is 21.7. The molecule has 0 aromatic heterocycles. The molecule has 1 fully saturated rings. The molecule has 6 nitrogen and oxygen atoms in total. The van der Waals surface area contributed by atoms with Gasteiger partial charge in [-0.25, -0.2) is 0 Å². The van der Waals surface area contributed by atoms with Gasteiger partial charge in [-0.2, -0.15) is 0 Å². The molecule has 0 aliphatic heterocycles. The minimum atomic E-state index is -0.599. The van der Waals surface area contributed by atoms with E-state index in [-0.39, 0.29) is 42.1 Å². The molecule has 3 N–H and O–H groups in total. The van der Waals surface area contributed by atoms with Gasteiger partial charge in [0.1, 0.15) is 0 Å². The van der Waals surface area contributed by atoms with Gasteiger partial charge in [0.25, 0.3) is 0 Å². The summed E-state index contributed by atoms with van der Waals surface area (Å²) in [5.74, 6) is 0.760. The fraction of sp³-hybridized carbons (Fsp3) is 0.708. The first-order valence-electron chi connectivity index (χ1n) is 11.5. The van der Waals surface area contributed by atoms with Crippen LogP contribution in [0.2, 0.25) is 0 Å². The van der Waals surface area contributed by atoms with E-state index in [1.807, 2.05) is 44.2 Å². The van der Waals surface area contributed by atoms with Crippen LogP contribution in [0.25, 0.3) is 0 Å². The summed E-state index contributed by atoms with van der Waals surface area (Å²) in [6.45, 7) is 9.95. The van der Waals surface area contributed by atoms with Crippen LogP contribution < -0.4 is 10.6 Å². The lowest BCUT2D eigenvalue weighted by Crippen LogP contribution is -2.43. The lowest BCUT2D eigenvalue weighted by molar-refractivity contribution is -0.000605. The van der Waals surface area contributed by atoms with Crippen LogP contribution in [-0.4, -0.2) is 56.6 Å². The summed E-state index contributed by atoms with van der Waals surface area (Å²) in [5, 5.41) is 16.9. The van der Waals surface area contributed by atoms with E-state index in [4.69, 9.17) is 14.5 Å². The van der Waals surface area contributed by atoms with Crippen molar-refractivity contribution in [2.45, 2.75) is 65.1 Å². The van der Waals surface area contributed by atoms with Gasteiger partial charge in [0.05, 0.1) is 18.8 Å². The minimum Gasteiger partial charge on any atom is -0.389 e. The Balaban J connectivity index is 0.00000480. The second-order valence-corrected chi connectivity index (χ2v) is 8.27. The Kier molecular flexibility index (Phi) is 14.4. The predicted octanol–water partition coefficient (Wildman–Crippen LogP) is 4.29. The number of aliphatic hydroxyl groups is 1. The van der Waals surface area contributed by atoms with Crippen LogP contribution in [0, 0.1) is 5.41 Å². The molecule has 2 atom stereocenters. The van der Waals surface area contributed by atoms with Gasteiger partial charge in [0, 0.05) is 32.8 Å². The molecular formula is C24H42IN3O3. The van der Waals surface area contributed by atoms with E-state index in [0.717, 1.165) is 44.2 Å². The molecular weight excluding hydrogens is 505 g/mol. The lowest BCUT2D eigenvalue weighted by Gasteiger charge is -2.27. The highest BCUT2D eigenvalue weighted by atomic mass is 127. The van der Waals surface area contributed by atoms with Crippen LogP contribution in [0.15, 0.2) is 35.3 Å². The maximum Gasteiger partial charge on any atom is 0.191 e. The summed E-state index contributed by atoms with van der Waals surface area (Å²) < 4.78 is 11.4. The Labute approximate surface area is 205 Å². The Bertz CT molecular complexity index is 609. The zero-order valence-corrected chi connectivity index (χ0v) is 21.8. The third-order valence-electron chi connectivity index (χ3n) is 5.87. The number of aliphatic hydroxyl groups excluding tert-OH is 1. The van der Waals surface area contributed by atoms with E-state index >= 15 is 0 Å². The molecule has 1 aliphatic rings. The number of aliphatic imine (C=N–C) groups is 1. The van der Waals surface area contributed by atoms with Crippen molar-refractivity contribution in [1.29, 1.82) is 0 Å². The van der Waals surface area contributed by atoms with Gasteiger partial charge in [0.15, 0.2) is 5.96 Å². The average Bonchev–Trinajstić information content (AvgIpc) is 3.24. The highest BCUT2D eigenvalue weighted by Gasteiger charge is 2.33. The lowest BCUT2D eigenvalue weighted by atomic mass is 9.83. The third-order valence-corrected chi connectivity index (χ3v) is 5.87. The first-order chi connectivity index (χ1) is 14.6. The molecule has 0 spiro atoms. The van der Waals surface area contributed by atoms with Gasteiger partial charge in [-0.15, -0.1) is 24.0 Å². The van der Waals surface area contributed by atoms with Crippen LogP contribution in [0.5, 0.6) is 0 Å². The van der Waals surface area contributed by atoms with E-state index in [1.54, 1.807) is 0 Å². The molecule has 2 unspecified atom stereocenters. The number of nitrogens with zero attached hydrogens (tertiary/aromatic N) is 1. The summed E-state index contributed by atoms with van der Waals surface area (Å²) in [5.41, 5.74) is 1.37. The molecule has 31 heavy (non-hydrogen) atoms. The second-order valence-electron chi connectivity index (χ2n) is 8.27. The van der Waals surface area contributed by atoms with Crippen molar-refractivity contribution in [3.8, 4) is 0 Å². The quantitative estimate of drug-likeness (QED) is 0.149. The van der Waals surface area contributed by atoms with Crippen molar-refractivity contribution in [2.75, 3.05) is 39.5 Å². The van der Waals surface area contributed by atoms with Gasteiger partial charge in [-0.05, 0) is 51.0 Å². The molecule has 0 bridgehead atoms. The number of hydrogen-bond donors (Lipinski definition) is 3. The normalized spacial score (nSPS) is 17.6. The van der Waals surface area contributed by atoms with Gasteiger partial charge in [0.2, 0.25) is 0 Å². The van der Waals surface area contributed by atoms with E-state index in [0.29, 0.717) is 6.54 Å². The molecule has 0 saturated heterocycles. The number of ether oxygens (including phenoxy) is 2. The molecule has 1 aliphatic carbocycles. The number of guanidine groups is 1. The fourth-order valence-corrected chi connectivity index (χ4v) is 3.98. The van der Waals surface area contributed by atoms with Gasteiger partial charge in [-0.3, -0.25) is 4.99 Å². The Hall–Kier alpha value is -0.900. The molecule has 1 saturated carbocycles. The summed E-state index contributed by atoms with van der Waals surface area (Å²) in [6, 6.07) is 10.1. The number of rotatable bonds is 13. The molecule has 0 amide bonds. The maximum absolute atomic E-state index is 10.3. The van der Waals surface area contributed by atoms with E-state index < -0.39 is 6.10 Å². The summed E-state index contributed by atoms with van der Waals surface area (Å²) in [6.07, 6.45) is 5.42. The average molecular weight is 548 g/mol. The Morgan fingerprint density at radius 2 is 1.87 bits per heavy atom. The smallest absolute Gasteiger partial charge is 0.191 e. The molecule has 0 radical (unpaired) electrons. The van der Waals surface area contributed by atoms with Crippen molar-refractivity contribution >= 4 is 29.9 Å². The summed E-state index contributed by atoms with van der Waals surface area (Å²) in [4.78, 5) is 4.85. The second kappa shape index (κ2) is 15.8. The Morgan fingerprint density at radius 3 is 2.52 bits per heavy atom. The van der Waals surface area contributed by atoms with Crippen molar-refractivity contribution in [1.82, 2.24) is 10.6 Å². The van der Waals surface area contributed by atoms with Crippen LogP contribution >= 0.6 is 24.0 Å². The van der Waals surface area contributed by atoms with Gasteiger partial charge < -0.3 is 25.2 Å². The van der Waals surface area contributed by atoms with Crippen molar-refractivity contribution in [3.05, 3.63) is 35.9 Å². The molecule has 1 aromatic carbocycles. The zero-order valence-electron chi connectivity index (χ0n) is 19.4. The van der Waals surface area contributed by atoms with E-state index in [2.05, 4.69) is 17.6 Å². The molecule has 7 heteroatoms. The molecule has 178 valence electrons. The van der Waals surface area contributed by atoms with Crippen LogP contribution in [0.1, 0.15) is 64.5 Å². The standard InChI is InChI=1S/C24H41N3O3.HI/c1-4-25-23(27-19-24(13-9-10-14-24)15-16-29-5-2)26-17-22(28)18-30-20(3)21-11-7-6-8-12-21;/h6-8,11-12,20,22,28H,4-5,9-10,13-19H2,1-3H3,(H2,25,26,27);1H. The minimum absolute atomic E-state index is 0. The van der Waals surface area contributed by atoms with E-state index in [9.17, 15) is 5.11 Å². The first-order valence-corrected chi connectivity index (χ1v) is 11.5. The monoisotopic (exact) mass is 547 g/mol. The van der Waals surface area contributed by atoms with Crippen LogP contribution in [0.3, 0.4) is 0 Å². The van der Waals surface area contributed by atoms with Crippen LogP contribution in [0.4, 0.5) is 0 Å². The number of nitrogens with one attached hydrogen (secondary N) is 2. The predicted molar refractivity (Wildman–Crippen MR) is 138 cm³/mol. The SMILES string of the molecule is CCNC(=NCC1(CCOCC)CCCC1)NCC(O)COC(C)c1ccccc1.I. The van der Waals surface area contributed by atoms with Gasteiger partial charge >= 0.3 is 0 Å². The molecule has 2 rings (SSSR count). The largest absolute Gasteiger partial charge is 0.389 e. The summed E-state index contributed by atoms with van der Waals surface area (Å²) in [7, 11) is 0.